The second-order valence-electron chi connectivity index (χ2n) is 7.23. The molecule has 0 saturated heterocycles. The molecule has 0 bridgehead atoms. The third-order valence-electron chi connectivity index (χ3n) is 4.04. The van der Waals surface area contributed by atoms with E-state index in [1.54, 1.807) is 0 Å². The number of aliphatic hydroxyl groups is 2. The summed E-state index contributed by atoms with van der Waals surface area (Å²) in [6.07, 6.45) is -1.31. The number of rotatable bonds is 10. The van der Waals surface area contributed by atoms with Crippen LogP contribution in [0.15, 0.2) is 36.4 Å². The molecule has 3 N–H and O–H groups in total. The first-order valence-corrected chi connectivity index (χ1v) is 9.31. The van der Waals surface area contributed by atoms with Crippen molar-refractivity contribution in [1.29, 1.82) is 0 Å². The van der Waals surface area contributed by atoms with Crippen molar-refractivity contribution in [3.63, 3.8) is 0 Å². The Labute approximate surface area is 162 Å². The number of ether oxygens (including phenoxy) is 2. The van der Waals surface area contributed by atoms with Crippen LogP contribution in [-0.2, 0) is 0 Å². The zero-order valence-corrected chi connectivity index (χ0v) is 16.7. The third-order valence-corrected chi connectivity index (χ3v) is 4.04. The molecule has 148 valence electrons. The molecule has 0 heterocycles. The molecule has 0 saturated carbocycles. The molecule has 2 atom stereocenters. The van der Waals surface area contributed by atoms with Gasteiger partial charge in [-0.3, -0.25) is 0 Å². The summed E-state index contributed by atoms with van der Waals surface area (Å²) < 4.78 is 11.3. The number of hydrogen-bond acceptors (Lipinski definition) is 5. The van der Waals surface area contributed by atoms with Crippen LogP contribution in [0.3, 0.4) is 0 Å². The van der Waals surface area contributed by atoms with Crippen LogP contribution >= 0.6 is 0 Å². The lowest BCUT2D eigenvalue weighted by Crippen LogP contribution is -2.37. The van der Waals surface area contributed by atoms with Crippen molar-refractivity contribution in [3.8, 4) is 11.5 Å². The fraction of sp³-hybridized carbons (Fsp3) is 0.455. The van der Waals surface area contributed by atoms with Crippen molar-refractivity contribution in [1.82, 2.24) is 5.32 Å². The zero-order valence-electron chi connectivity index (χ0n) is 16.7. The van der Waals surface area contributed by atoms with Gasteiger partial charge in [-0.1, -0.05) is 12.1 Å². The quantitative estimate of drug-likeness (QED) is 0.597. The highest BCUT2D eigenvalue weighted by atomic mass is 16.5. The van der Waals surface area contributed by atoms with Gasteiger partial charge in [0.05, 0.1) is 0 Å². The average molecular weight is 373 g/mol. The Morgan fingerprint density at radius 1 is 0.667 bits per heavy atom. The van der Waals surface area contributed by atoms with Gasteiger partial charge in [-0.05, 0) is 74.2 Å². The minimum Gasteiger partial charge on any atom is -0.491 e. The topological polar surface area (TPSA) is 71.0 Å². The van der Waals surface area contributed by atoms with Crippen LogP contribution in [-0.4, -0.2) is 48.7 Å². The van der Waals surface area contributed by atoms with Gasteiger partial charge in [-0.15, -0.1) is 0 Å². The molecule has 5 nitrogen and oxygen atoms in total. The number of benzene rings is 2. The van der Waals surface area contributed by atoms with Gasteiger partial charge in [-0.25, -0.2) is 0 Å². The van der Waals surface area contributed by atoms with Gasteiger partial charge in [0.25, 0.3) is 0 Å². The van der Waals surface area contributed by atoms with E-state index in [0.29, 0.717) is 13.1 Å². The molecular formula is C22H31NO4. The van der Waals surface area contributed by atoms with Crippen molar-refractivity contribution < 1.29 is 19.7 Å². The molecule has 0 fully saturated rings. The summed E-state index contributed by atoms with van der Waals surface area (Å²) in [5.74, 6) is 1.52. The van der Waals surface area contributed by atoms with Gasteiger partial charge in [-0.2, -0.15) is 0 Å². The molecule has 0 aliphatic carbocycles. The van der Waals surface area contributed by atoms with Crippen molar-refractivity contribution in [2.24, 2.45) is 0 Å². The van der Waals surface area contributed by atoms with Crippen LogP contribution in [0.2, 0.25) is 0 Å². The first-order chi connectivity index (χ1) is 12.8. The number of nitrogens with one attached hydrogen (secondary N) is 1. The van der Waals surface area contributed by atoms with Crippen LogP contribution in [0.25, 0.3) is 0 Å². The van der Waals surface area contributed by atoms with E-state index >= 15 is 0 Å². The summed E-state index contributed by atoms with van der Waals surface area (Å²) in [6.45, 7) is 9.13. The maximum atomic E-state index is 10.0. The van der Waals surface area contributed by atoms with E-state index in [1.165, 1.54) is 0 Å². The van der Waals surface area contributed by atoms with Crippen molar-refractivity contribution in [2.75, 3.05) is 26.3 Å². The van der Waals surface area contributed by atoms with E-state index in [4.69, 9.17) is 9.47 Å². The fourth-order valence-electron chi connectivity index (χ4n) is 2.95. The molecule has 0 aliphatic rings. The van der Waals surface area contributed by atoms with E-state index in [2.05, 4.69) is 17.4 Å². The van der Waals surface area contributed by atoms with Gasteiger partial charge < -0.3 is 25.0 Å². The normalized spacial score (nSPS) is 13.3. The Balaban J connectivity index is 1.64. The van der Waals surface area contributed by atoms with Crippen molar-refractivity contribution in [2.45, 2.75) is 39.9 Å². The van der Waals surface area contributed by atoms with Crippen molar-refractivity contribution >= 4 is 0 Å². The highest BCUT2D eigenvalue weighted by Gasteiger charge is 2.09. The monoisotopic (exact) mass is 373 g/mol. The number of hydrogen-bond donors (Lipinski definition) is 3. The minimum atomic E-state index is -0.654. The second-order valence-corrected chi connectivity index (χ2v) is 7.23. The van der Waals surface area contributed by atoms with Gasteiger partial charge in [0.15, 0.2) is 0 Å². The highest BCUT2D eigenvalue weighted by Crippen LogP contribution is 2.17. The summed E-state index contributed by atoms with van der Waals surface area (Å²) in [6, 6.07) is 11.9. The van der Waals surface area contributed by atoms with Gasteiger partial charge in [0.1, 0.15) is 36.9 Å². The van der Waals surface area contributed by atoms with E-state index < -0.39 is 12.2 Å². The Kier molecular flexibility index (Phi) is 8.10. The number of aryl methyl sites for hydroxylation is 4. The standard InChI is InChI=1S/C22H31NO4/c1-15-5-16(2)8-21(7-15)26-13-19(24)11-23-12-20(25)14-27-22-9-17(3)6-18(4)10-22/h5-10,19-20,23-25H,11-14H2,1-4H3. The molecule has 27 heavy (non-hydrogen) atoms. The molecule has 0 amide bonds. The Bertz CT molecular complexity index is 630. The van der Waals surface area contributed by atoms with Crippen LogP contribution in [0.4, 0.5) is 0 Å². The number of aliphatic hydroxyl groups excluding tert-OH is 2. The summed E-state index contributed by atoms with van der Waals surface area (Å²) in [4.78, 5) is 0. The SMILES string of the molecule is Cc1cc(C)cc(OCC(O)CNCC(O)COc2cc(C)cc(C)c2)c1. The Morgan fingerprint density at radius 3 is 1.33 bits per heavy atom. The van der Waals surface area contributed by atoms with Crippen LogP contribution in [0.1, 0.15) is 22.3 Å². The first kappa shape index (κ1) is 21.2. The minimum absolute atomic E-state index is 0.199. The lowest BCUT2D eigenvalue weighted by Gasteiger charge is -2.17. The zero-order chi connectivity index (χ0) is 19.8. The molecule has 5 heteroatoms. The molecule has 2 aromatic carbocycles. The molecule has 0 aromatic heterocycles. The lowest BCUT2D eigenvalue weighted by molar-refractivity contribution is 0.0857. The lowest BCUT2D eigenvalue weighted by atomic mass is 10.1. The molecule has 2 rings (SSSR count). The summed E-state index contributed by atoms with van der Waals surface area (Å²) >= 11 is 0. The Morgan fingerprint density at radius 2 is 1.00 bits per heavy atom. The summed E-state index contributed by atoms with van der Waals surface area (Å²) in [5, 5.41) is 23.1. The largest absolute Gasteiger partial charge is 0.491 e. The van der Waals surface area contributed by atoms with Gasteiger partial charge in [0.2, 0.25) is 0 Å². The predicted octanol–water partition coefficient (Wildman–Crippen LogP) is 2.69. The highest BCUT2D eigenvalue weighted by molar-refractivity contribution is 5.33. The maximum absolute atomic E-state index is 10.0. The Hall–Kier alpha value is -2.08. The van der Waals surface area contributed by atoms with E-state index in [9.17, 15) is 10.2 Å². The van der Waals surface area contributed by atoms with Crippen LogP contribution < -0.4 is 14.8 Å². The van der Waals surface area contributed by atoms with Gasteiger partial charge in [0, 0.05) is 13.1 Å². The smallest absolute Gasteiger partial charge is 0.119 e. The fourth-order valence-corrected chi connectivity index (χ4v) is 2.95. The van der Waals surface area contributed by atoms with E-state index in [0.717, 1.165) is 33.8 Å². The molecule has 0 radical (unpaired) electrons. The van der Waals surface area contributed by atoms with Crippen molar-refractivity contribution in [3.05, 3.63) is 58.7 Å². The van der Waals surface area contributed by atoms with Crippen LogP contribution in [0, 0.1) is 27.7 Å². The third kappa shape index (κ3) is 7.99. The van der Waals surface area contributed by atoms with E-state index in [1.807, 2.05) is 52.0 Å². The predicted molar refractivity (Wildman–Crippen MR) is 108 cm³/mol. The molecule has 0 spiro atoms. The first-order valence-electron chi connectivity index (χ1n) is 9.31. The van der Waals surface area contributed by atoms with E-state index in [-0.39, 0.29) is 13.2 Å². The molecule has 0 aliphatic heterocycles. The van der Waals surface area contributed by atoms with Gasteiger partial charge >= 0.3 is 0 Å². The molecular weight excluding hydrogens is 342 g/mol. The maximum Gasteiger partial charge on any atom is 0.119 e. The second kappa shape index (κ2) is 10.3. The average Bonchev–Trinajstić information content (AvgIpc) is 2.56. The summed E-state index contributed by atoms with van der Waals surface area (Å²) in [7, 11) is 0. The molecule has 2 unspecified atom stereocenters. The summed E-state index contributed by atoms with van der Waals surface area (Å²) in [5.41, 5.74) is 4.52. The van der Waals surface area contributed by atoms with Crippen LogP contribution in [0.5, 0.6) is 11.5 Å². The molecule has 2 aromatic rings.